The maximum absolute atomic E-state index is 5.70. The molecular weight excluding hydrogens is 208 g/mol. The van der Waals surface area contributed by atoms with Crippen LogP contribution in [0.4, 0.5) is 0 Å². The molecule has 1 nitrogen and oxygen atoms in total. The smallest absolute Gasteiger partial charge is 0.127 e. The molecule has 1 unspecified atom stereocenters. The van der Waals surface area contributed by atoms with E-state index in [0.29, 0.717) is 0 Å². The number of para-hydroxylation sites is 1. The molecule has 0 amide bonds. The fourth-order valence-electron chi connectivity index (χ4n) is 1.55. The molecule has 2 aromatic rings. The van der Waals surface area contributed by atoms with Crippen LogP contribution in [0.2, 0.25) is 0 Å². The molecule has 1 heteroatoms. The Morgan fingerprint density at radius 1 is 0.941 bits per heavy atom. The molecule has 0 fully saturated rings. The molecule has 0 saturated heterocycles. The topological polar surface area (TPSA) is 9.23 Å². The summed E-state index contributed by atoms with van der Waals surface area (Å²) in [6, 6.07) is 17.6. The van der Waals surface area contributed by atoms with Gasteiger partial charge in [-0.2, -0.15) is 0 Å². The van der Waals surface area contributed by atoms with Crippen molar-refractivity contribution in [3.63, 3.8) is 0 Å². The summed E-state index contributed by atoms with van der Waals surface area (Å²) in [6.07, 6.45) is 5.38. The van der Waals surface area contributed by atoms with E-state index in [1.54, 1.807) is 0 Å². The number of terminal acetylenes is 1. The van der Waals surface area contributed by atoms with Crippen LogP contribution >= 0.6 is 0 Å². The number of hydrogen-bond donors (Lipinski definition) is 0. The van der Waals surface area contributed by atoms with Gasteiger partial charge in [0.25, 0.3) is 0 Å². The molecule has 0 aliphatic heterocycles. The highest BCUT2D eigenvalue weighted by atomic mass is 16.5. The van der Waals surface area contributed by atoms with Gasteiger partial charge in [0.05, 0.1) is 0 Å². The molecule has 0 aliphatic carbocycles. The van der Waals surface area contributed by atoms with Gasteiger partial charge in [-0.3, -0.25) is 0 Å². The molecule has 0 spiro atoms. The minimum atomic E-state index is 0.140. The number of rotatable bonds is 3. The standard InChI is InChI=1S/C16H14O/c1-3-13(2)14-9-11-16(12-10-14)17-15-7-5-4-6-8-15/h1,4-13H,2H3. The summed E-state index contributed by atoms with van der Waals surface area (Å²) in [4.78, 5) is 0. The third-order valence-corrected chi connectivity index (χ3v) is 2.61. The number of ether oxygens (including phenoxy) is 1. The molecule has 0 saturated carbocycles. The van der Waals surface area contributed by atoms with Gasteiger partial charge in [0.2, 0.25) is 0 Å². The van der Waals surface area contributed by atoms with E-state index in [0.717, 1.165) is 17.1 Å². The normalized spacial score (nSPS) is 11.5. The van der Waals surface area contributed by atoms with Crippen molar-refractivity contribution in [3.8, 4) is 23.8 Å². The Hall–Kier alpha value is -2.20. The van der Waals surface area contributed by atoms with Crippen molar-refractivity contribution in [3.05, 3.63) is 60.2 Å². The van der Waals surface area contributed by atoms with E-state index in [1.807, 2.05) is 61.5 Å². The fraction of sp³-hybridized carbons (Fsp3) is 0.125. The van der Waals surface area contributed by atoms with E-state index in [-0.39, 0.29) is 5.92 Å². The lowest BCUT2D eigenvalue weighted by molar-refractivity contribution is 0.482. The lowest BCUT2D eigenvalue weighted by atomic mass is 10.0. The van der Waals surface area contributed by atoms with Crippen LogP contribution in [0.3, 0.4) is 0 Å². The van der Waals surface area contributed by atoms with Gasteiger partial charge in [0.15, 0.2) is 0 Å². The van der Waals surface area contributed by atoms with Crippen LogP contribution in [-0.2, 0) is 0 Å². The fourth-order valence-corrected chi connectivity index (χ4v) is 1.55. The van der Waals surface area contributed by atoms with E-state index in [4.69, 9.17) is 11.2 Å². The van der Waals surface area contributed by atoms with E-state index in [9.17, 15) is 0 Å². The van der Waals surface area contributed by atoms with E-state index < -0.39 is 0 Å². The lowest BCUT2D eigenvalue weighted by Crippen LogP contribution is -1.89. The van der Waals surface area contributed by atoms with Gasteiger partial charge in [0, 0.05) is 5.92 Å². The van der Waals surface area contributed by atoms with Gasteiger partial charge in [-0.15, -0.1) is 6.42 Å². The minimum absolute atomic E-state index is 0.140. The Morgan fingerprint density at radius 2 is 1.53 bits per heavy atom. The molecule has 1 atom stereocenters. The first-order chi connectivity index (χ1) is 8.29. The molecule has 17 heavy (non-hydrogen) atoms. The zero-order chi connectivity index (χ0) is 12.1. The minimum Gasteiger partial charge on any atom is -0.457 e. The van der Waals surface area contributed by atoms with Crippen LogP contribution in [0.5, 0.6) is 11.5 Å². The van der Waals surface area contributed by atoms with Crippen molar-refractivity contribution in [1.82, 2.24) is 0 Å². The zero-order valence-electron chi connectivity index (χ0n) is 9.76. The van der Waals surface area contributed by atoms with Crippen molar-refractivity contribution in [2.75, 3.05) is 0 Å². The number of hydrogen-bond acceptors (Lipinski definition) is 1. The van der Waals surface area contributed by atoms with E-state index in [2.05, 4.69) is 5.92 Å². The van der Waals surface area contributed by atoms with E-state index in [1.165, 1.54) is 0 Å². The van der Waals surface area contributed by atoms with Gasteiger partial charge >= 0.3 is 0 Å². The van der Waals surface area contributed by atoms with Crippen LogP contribution < -0.4 is 4.74 Å². The van der Waals surface area contributed by atoms with Crippen molar-refractivity contribution in [2.24, 2.45) is 0 Å². The molecule has 84 valence electrons. The highest BCUT2D eigenvalue weighted by Gasteiger charge is 2.02. The predicted octanol–water partition coefficient (Wildman–Crippen LogP) is 4.22. The van der Waals surface area contributed by atoms with Crippen LogP contribution in [0, 0.1) is 12.3 Å². The average molecular weight is 222 g/mol. The van der Waals surface area contributed by atoms with Gasteiger partial charge in [-0.25, -0.2) is 0 Å². The Bertz CT molecular complexity index is 505. The summed E-state index contributed by atoms with van der Waals surface area (Å²) < 4.78 is 5.70. The van der Waals surface area contributed by atoms with Crippen LogP contribution in [0.25, 0.3) is 0 Å². The zero-order valence-corrected chi connectivity index (χ0v) is 9.76. The van der Waals surface area contributed by atoms with Crippen molar-refractivity contribution < 1.29 is 4.74 Å². The maximum atomic E-state index is 5.70. The summed E-state index contributed by atoms with van der Waals surface area (Å²) in [7, 11) is 0. The van der Waals surface area contributed by atoms with Gasteiger partial charge in [-0.1, -0.05) is 36.3 Å². The predicted molar refractivity (Wildman–Crippen MR) is 70.2 cm³/mol. The van der Waals surface area contributed by atoms with Gasteiger partial charge < -0.3 is 4.74 Å². The maximum Gasteiger partial charge on any atom is 0.127 e. The second kappa shape index (κ2) is 5.23. The number of benzene rings is 2. The molecule has 0 aromatic heterocycles. The van der Waals surface area contributed by atoms with E-state index >= 15 is 0 Å². The summed E-state index contributed by atoms with van der Waals surface area (Å²) in [6.45, 7) is 2.01. The highest BCUT2D eigenvalue weighted by Crippen LogP contribution is 2.23. The van der Waals surface area contributed by atoms with Gasteiger partial charge in [-0.05, 0) is 36.8 Å². The Balaban J connectivity index is 2.12. The summed E-state index contributed by atoms with van der Waals surface area (Å²) in [5.74, 6) is 4.51. The first-order valence-corrected chi connectivity index (χ1v) is 5.58. The molecule has 0 N–H and O–H groups in total. The molecule has 0 radical (unpaired) electrons. The third-order valence-electron chi connectivity index (χ3n) is 2.61. The Labute approximate surface area is 102 Å². The lowest BCUT2D eigenvalue weighted by Gasteiger charge is -2.08. The van der Waals surface area contributed by atoms with Crippen LogP contribution in [-0.4, -0.2) is 0 Å². The summed E-state index contributed by atoms with van der Waals surface area (Å²) in [5, 5.41) is 0. The second-order valence-corrected chi connectivity index (χ2v) is 3.87. The van der Waals surface area contributed by atoms with Gasteiger partial charge in [0.1, 0.15) is 11.5 Å². The van der Waals surface area contributed by atoms with Crippen molar-refractivity contribution in [2.45, 2.75) is 12.8 Å². The monoisotopic (exact) mass is 222 g/mol. The molecule has 0 aliphatic rings. The Morgan fingerprint density at radius 3 is 2.12 bits per heavy atom. The SMILES string of the molecule is C#CC(C)c1ccc(Oc2ccccc2)cc1. The molecule has 2 rings (SSSR count). The summed E-state index contributed by atoms with van der Waals surface area (Å²) in [5.41, 5.74) is 1.13. The van der Waals surface area contributed by atoms with Crippen molar-refractivity contribution in [1.29, 1.82) is 0 Å². The van der Waals surface area contributed by atoms with Crippen LogP contribution in [0.15, 0.2) is 54.6 Å². The average Bonchev–Trinajstić information content (AvgIpc) is 2.40. The van der Waals surface area contributed by atoms with Crippen LogP contribution in [0.1, 0.15) is 18.4 Å². The summed E-state index contributed by atoms with van der Waals surface area (Å²) >= 11 is 0. The second-order valence-electron chi connectivity index (χ2n) is 3.87. The molecule has 0 bridgehead atoms. The molecule has 2 aromatic carbocycles. The highest BCUT2D eigenvalue weighted by molar-refractivity contribution is 5.35. The molecule has 0 heterocycles. The van der Waals surface area contributed by atoms with Crippen molar-refractivity contribution >= 4 is 0 Å². The molecular formula is C16H14O. The Kier molecular flexibility index (Phi) is 3.47. The quantitative estimate of drug-likeness (QED) is 0.707. The largest absolute Gasteiger partial charge is 0.457 e. The first-order valence-electron chi connectivity index (χ1n) is 5.58. The first kappa shape index (κ1) is 11.3. The third kappa shape index (κ3) is 2.89.